The average molecular weight is 307 g/mol. The zero-order chi connectivity index (χ0) is 15.2. The molecule has 0 saturated carbocycles. The summed E-state index contributed by atoms with van der Waals surface area (Å²) in [6, 6.07) is 5.12. The van der Waals surface area contributed by atoms with Gasteiger partial charge in [0.15, 0.2) is 17.3 Å². The number of hydrogen-bond donors (Lipinski definition) is 2. The third kappa shape index (κ3) is 3.85. The number of thiazole rings is 1. The standard InChI is InChI=1S/C14H17N3O3S/c1-3-19-12-6-10(14(15)17-18)4-5-11(12)20-7-13-16-9(2)8-21-13/h4-6,8,18H,3,7H2,1-2H3,(H2,15,17). The van der Waals surface area contributed by atoms with Gasteiger partial charge < -0.3 is 20.4 Å². The van der Waals surface area contributed by atoms with Crippen molar-refractivity contribution >= 4 is 17.2 Å². The van der Waals surface area contributed by atoms with Crippen molar-refractivity contribution in [1.82, 2.24) is 4.98 Å². The van der Waals surface area contributed by atoms with E-state index in [9.17, 15) is 0 Å². The van der Waals surface area contributed by atoms with Crippen LogP contribution in [0.5, 0.6) is 11.5 Å². The molecule has 1 heterocycles. The molecular weight excluding hydrogens is 290 g/mol. The fourth-order valence-electron chi connectivity index (χ4n) is 1.72. The molecule has 1 aromatic heterocycles. The first-order valence-electron chi connectivity index (χ1n) is 6.42. The second-order valence-corrected chi connectivity index (χ2v) is 5.19. The molecule has 0 amide bonds. The van der Waals surface area contributed by atoms with Gasteiger partial charge in [-0.3, -0.25) is 0 Å². The molecule has 2 rings (SSSR count). The van der Waals surface area contributed by atoms with Crippen LogP contribution < -0.4 is 15.2 Å². The Morgan fingerprint density at radius 3 is 2.81 bits per heavy atom. The summed E-state index contributed by atoms with van der Waals surface area (Å²) in [5.41, 5.74) is 7.12. The number of nitrogens with zero attached hydrogens (tertiary/aromatic N) is 2. The third-order valence-electron chi connectivity index (χ3n) is 2.66. The monoisotopic (exact) mass is 307 g/mol. The molecule has 0 aliphatic rings. The van der Waals surface area contributed by atoms with Gasteiger partial charge in [0.1, 0.15) is 11.6 Å². The molecular formula is C14H17N3O3S. The van der Waals surface area contributed by atoms with Gasteiger partial charge in [-0.15, -0.1) is 11.3 Å². The number of rotatable bonds is 6. The van der Waals surface area contributed by atoms with Crippen molar-refractivity contribution in [1.29, 1.82) is 0 Å². The van der Waals surface area contributed by atoms with Crippen molar-refractivity contribution in [2.45, 2.75) is 20.5 Å². The molecule has 0 bridgehead atoms. The summed E-state index contributed by atoms with van der Waals surface area (Å²) in [5.74, 6) is 1.17. The molecule has 0 spiro atoms. The van der Waals surface area contributed by atoms with Crippen molar-refractivity contribution < 1.29 is 14.7 Å². The van der Waals surface area contributed by atoms with E-state index in [0.29, 0.717) is 30.3 Å². The van der Waals surface area contributed by atoms with Crippen molar-refractivity contribution in [3.05, 3.63) is 39.8 Å². The molecule has 0 fully saturated rings. The van der Waals surface area contributed by atoms with Gasteiger partial charge in [-0.25, -0.2) is 4.98 Å². The maximum atomic E-state index is 8.72. The van der Waals surface area contributed by atoms with Crippen LogP contribution in [0.15, 0.2) is 28.7 Å². The fourth-order valence-corrected chi connectivity index (χ4v) is 2.40. The van der Waals surface area contributed by atoms with Crippen LogP contribution in [0, 0.1) is 6.92 Å². The Balaban J connectivity index is 2.17. The lowest BCUT2D eigenvalue weighted by atomic mass is 10.2. The second-order valence-electron chi connectivity index (χ2n) is 4.25. The van der Waals surface area contributed by atoms with E-state index in [1.54, 1.807) is 29.5 Å². The molecule has 0 aliphatic carbocycles. The minimum absolute atomic E-state index is 0.0260. The largest absolute Gasteiger partial charge is 0.490 e. The van der Waals surface area contributed by atoms with Crippen molar-refractivity contribution in [3.8, 4) is 11.5 Å². The minimum atomic E-state index is 0.0260. The predicted molar refractivity (Wildman–Crippen MR) is 81.3 cm³/mol. The second kappa shape index (κ2) is 6.94. The summed E-state index contributed by atoms with van der Waals surface area (Å²) in [7, 11) is 0. The van der Waals surface area contributed by atoms with E-state index in [2.05, 4.69) is 10.1 Å². The highest BCUT2D eigenvalue weighted by atomic mass is 32.1. The average Bonchev–Trinajstić information content (AvgIpc) is 2.91. The van der Waals surface area contributed by atoms with Crippen LogP contribution in [0.1, 0.15) is 23.2 Å². The zero-order valence-corrected chi connectivity index (χ0v) is 12.7. The van der Waals surface area contributed by atoms with Gasteiger partial charge in [0.25, 0.3) is 0 Å². The van der Waals surface area contributed by atoms with Crippen molar-refractivity contribution in [3.63, 3.8) is 0 Å². The molecule has 7 heteroatoms. The number of aromatic nitrogens is 1. The van der Waals surface area contributed by atoms with E-state index in [4.69, 9.17) is 20.4 Å². The van der Waals surface area contributed by atoms with Gasteiger partial charge in [0, 0.05) is 16.6 Å². The summed E-state index contributed by atoms with van der Waals surface area (Å²) in [6.07, 6.45) is 0. The molecule has 0 unspecified atom stereocenters. The minimum Gasteiger partial charge on any atom is -0.490 e. The Kier molecular flexibility index (Phi) is 4.99. The molecule has 0 radical (unpaired) electrons. The van der Waals surface area contributed by atoms with Gasteiger partial charge in [-0.2, -0.15) is 0 Å². The number of oxime groups is 1. The quantitative estimate of drug-likeness (QED) is 0.370. The lowest BCUT2D eigenvalue weighted by Gasteiger charge is -2.12. The summed E-state index contributed by atoms with van der Waals surface area (Å²) < 4.78 is 11.3. The third-order valence-corrected chi connectivity index (χ3v) is 3.60. The molecule has 6 nitrogen and oxygen atoms in total. The van der Waals surface area contributed by atoms with E-state index < -0.39 is 0 Å². The van der Waals surface area contributed by atoms with E-state index >= 15 is 0 Å². The highest BCUT2D eigenvalue weighted by Gasteiger charge is 2.10. The zero-order valence-electron chi connectivity index (χ0n) is 11.9. The summed E-state index contributed by atoms with van der Waals surface area (Å²) in [4.78, 5) is 4.34. The van der Waals surface area contributed by atoms with Gasteiger partial charge in [-0.1, -0.05) is 5.16 Å². The lowest BCUT2D eigenvalue weighted by Crippen LogP contribution is -2.13. The lowest BCUT2D eigenvalue weighted by molar-refractivity contribution is 0.269. The highest BCUT2D eigenvalue weighted by molar-refractivity contribution is 7.09. The Hall–Kier alpha value is -2.28. The number of ether oxygens (including phenoxy) is 2. The maximum absolute atomic E-state index is 8.72. The number of nitrogens with two attached hydrogens (primary N) is 1. The van der Waals surface area contributed by atoms with Crippen LogP contribution in [-0.2, 0) is 6.61 Å². The van der Waals surface area contributed by atoms with E-state index in [1.165, 1.54) is 0 Å². The summed E-state index contributed by atoms with van der Waals surface area (Å²) >= 11 is 1.55. The van der Waals surface area contributed by atoms with Crippen LogP contribution in [-0.4, -0.2) is 22.6 Å². The molecule has 21 heavy (non-hydrogen) atoms. The first-order chi connectivity index (χ1) is 10.1. The smallest absolute Gasteiger partial charge is 0.170 e. The number of amidine groups is 1. The highest BCUT2D eigenvalue weighted by Crippen LogP contribution is 2.29. The van der Waals surface area contributed by atoms with Crippen LogP contribution in [0.4, 0.5) is 0 Å². The Morgan fingerprint density at radius 1 is 1.38 bits per heavy atom. The van der Waals surface area contributed by atoms with Gasteiger partial charge in [0.2, 0.25) is 0 Å². The van der Waals surface area contributed by atoms with Gasteiger partial charge in [-0.05, 0) is 32.0 Å². The predicted octanol–water partition coefficient (Wildman–Crippen LogP) is 2.52. The number of benzene rings is 1. The normalized spacial score (nSPS) is 11.4. The van der Waals surface area contributed by atoms with Crippen molar-refractivity contribution in [2.24, 2.45) is 10.9 Å². The summed E-state index contributed by atoms with van der Waals surface area (Å²) in [6.45, 7) is 4.69. The van der Waals surface area contributed by atoms with Gasteiger partial charge >= 0.3 is 0 Å². The fraction of sp³-hybridized carbons (Fsp3) is 0.286. The van der Waals surface area contributed by atoms with Crippen LogP contribution in [0.3, 0.4) is 0 Å². The molecule has 0 saturated heterocycles. The molecule has 3 N–H and O–H groups in total. The van der Waals surface area contributed by atoms with Crippen LogP contribution >= 0.6 is 11.3 Å². The SMILES string of the molecule is CCOc1cc(/C(N)=N/O)ccc1OCc1nc(C)cs1. The molecule has 1 aromatic carbocycles. The molecule has 2 aromatic rings. The maximum Gasteiger partial charge on any atom is 0.170 e. The molecule has 0 atom stereocenters. The van der Waals surface area contributed by atoms with Crippen LogP contribution in [0.25, 0.3) is 0 Å². The Labute approximate surface area is 126 Å². The van der Waals surface area contributed by atoms with Crippen molar-refractivity contribution in [2.75, 3.05) is 6.61 Å². The first kappa shape index (κ1) is 15.1. The number of aryl methyl sites for hydroxylation is 1. The Bertz CT molecular complexity index is 640. The van der Waals surface area contributed by atoms with E-state index in [1.807, 2.05) is 19.2 Å². The summed E-state index contributed by atoms with van der Waals surface area (Å²) in [5, 5.41) is 14.6. The first-order valence-corrected chi connectivity index (χ1v) is 7.30. The van der Waals surface area contributed by atoms with E-state index in [0.717, 1.165) is 10.7 Å². The van der Waals surface area contributed by atoms with E-state index in [-0.39, 0.29) is 5.84 Å². The molecule has 112 valence electrons. The topological polar surface area (TPSA) is 90.0 Å². The van der Waals surface area contributed by atoms with Gasteiger partial charge in [0.05, 0.1) is 6.61 Å². The molecule has 0 aliphatic heterocycles. The number of hydrogen-bond acceptors (Lipinski definition) is 6. The van der Waals surface area contributed by atoms with Crippen LogP contribution in [0.2, 0.25) is 0 Å². The Morgan fingerprint density at radius 2 is 2.19 bits per heavy atom.